The Morgan fingerprint density at radius 3 is 2.48 bits per heavy atom. The van der Waals surface area contributed by atoms with Crippen LogP contribution >= 0.6 is 0 Å². The van der Waals surface area contributed by atoms with Crippen LogP contribution in [0.1, 0.15) is 12.8 Å². The lowest BCUT2D eigenvalue weighted by molar-refractivity contribution is -0.233. The van der Waals surface area contributed by atoms with Crippen LogP contribution in [0.5, 0.6) is 0 Å². The summed E-state index contributed by atoms with van der Waals surface area (Å²) < 4.78 is 15.6. The molecule has 0 radical (unpaired) electrons. The first-order chi connectivity index (χ1) is 9.99. The number of allylic oxidation sites excluding steroid dienone is 2. The van der Waals surface area contributed by atoms with Crippen molar-refractivity contribution in [3.8, 4) is 0 Å². The van der Waals surface area contributed by atoms with Crippen LogP contribution in [0.2, 0.25) is 0 Å². The second-order valence-corrected chi connectivity index (χ2v) is 5.83. The van der Waals surface area contributed by atoms with Crippen molar-refractivity contribution in [2.75, 3.05) is 21.3 Å². The van der Waals surface area contributed by atoms with E-state index in [1.807, 2.05) is 12.2 Å². The smallest absolute Gasteiger partial charge is 0.320 e. The quantitative estimate of drug-likeness (QED) is 0.326. The molecule has 3 aliphatic carbocycles. The highest BCUT2D eigenvalue weighted by atomic mass is 16.7. The topological polar surface area (TPSA) is 78.9 Å². The Kier molecular flexibility index (Phi) is 3.07. The minimum Gasteiger partial charge on any atom is -0.468 e. The normalized spacial score (nSPS) is 39.5. The van der Waals surface area contributed by atoms with Gasteiger partial charge >= 0.3 is 5.97 Å². The van der Waals surface area contributed by atoms with E-state index < -0.39 is 23.1 Å². The van der Waals surface area contributed by atoms with E-state index in [1.165, 1.54) is 21.3 Å². The largest absolute Gasteiger partial charge is 0.468 e. The van der Waals surface area contributed by atoms with Crippen molar-refractivity contribution < 1.29 is 28.6 Å². The van der Waals surface area contributed by atoms with Gasteiger partial charge in [-0.25, -0.2) is 0 Å². The van der Waals surface area contributed by atoms with E-state index in [9.17, 15) is 14.4 Å². The maximum absolute atomic E-state index is 12.8. The van der Waals surface area contributed by atoms with Crippen LogP contribution in [0, 0.1) is 23.2 Å². The maximum atomic E-state index is 12.8. The van der Waals surface area contributed by atoms with E-state index in [2.05, 4.69) is 0 Å². The molecule has 0 aromatic heterocycles. The van der Waals surface area contributed by atoms with Gasteiger partial charge in [0, 0.05) is 32.5 Å². The molecule has 4 atom stereocenters. The van der Waals surface area contributed by atoms with E-state index in [-0.39, 0.29) is 29.8 Å². The van der Waals surface area contributed by atoms with Crippen molar-refractivity contribution in [2.45, 2.75) is 18.6 Å². The molecule has 21 heavy (non-hydrogen) atoms. The van der Waals surface area contributed by atoms with Gasteiger partial charge in [0.05, 0.1) is 7.11 Å². The minimum atomic E-state index is -1.55. The van der Waals surface area contributed by atoms with Gasteiger partial charge in [0.1, 0.15) is 5.41 Å². The van der Waals surface area contributed by atoms with Crippen LogP contribution in [0.15, 0.2) is 12.2 Å². The summed E-state index contributed by atoms with van der Waals surface area (Å²) in [5.74, 6) is -4.01. The number of rotatable bonds is 3. The lowest BCUT2D eigenvalue weighted by atomic mass is 9.75. The van der Waals surface area contributed by atoms with Gasteiger partial charge in [-0.05, 0) is 12.3 Å². The van der Waals surface area contributed by atoms with Gasteiger partial charge in [-0.15, -0.1) is 0 Å². The van der Waals surface area contributed by atoms with Crippen LogP contribution in [0.3, 0.4) is 0 Å². The summed E-state index contributed by atoms with van der Waals surface area (Å²) in [6, 6.07) is 0. The number of hydrogen-bond acceptors (Lipinski definition) is 6. The third kappa shape index (κ3) is 1.42. The molecule has 6 nitrogen and oxygen atoms in total. The lowest BCUT2D eigenvalue weighted by Crippen LogP contribution is -2.50. The number of ketones is 2. The molecule has 0 heterocycles. The molecule has 0 aromatic rings. The minimum absolute atomic E-state index is 0.164. The van der Waals surface area contributed by atoms with Crippen LogP contribution in [-0.2, 0) is 28.6 Å². The zero-order chi connectivity index (χ0) is 15.4. The molecule has 0 amide bonds. The Bertz CT molecular complexity index is 546. The molecule has 0 unspecified atom stereocenters. The highest BCUT2D eigenvalue weighted by Gasteiger charge is 2.78. The average Bonchev–Trinajstić information content (AvgIpc) is 3.11. The fraction of sp³-hybridized carbons (Fsp3) is 0.667. The molecule has 0 N–H and O–H groups in total. The number of carbonyl (C=O) groups is 3. The molecule has 0 aliphatic heterocycles. The zero-order valence-electron chi connectivity index (χ0n) is 12.3. The Morgan fingerprint density at radius 2 is 1.90 bits per heavy atom. The summed E-state index contributed by atoms with van der Waals surface area (Å²) >= 11 is 0. The maximum Gasteiger partial charge on any atom is 0.320 e. The van der Waals surface area contributed by atoms with Crippen LogP contribution in [0.25, 0.3) is 0 Å². The average molecular weight is 294 g/mol. The first kappa shape index (κ1) is 14.4. The Balaban J connectivity index is 2.20. The third-order valence-corrected chi connectivity index (χ3v) is 5.31. The first-order valence-corrected chi connectivity index (χ1v) is 6.92. The van der Waals surface area contributed by atoms with Gasteiger partial charge in [-0.3, -0.25) is 14.4 Å². The first-order valence-electron chi connectivity index (χ1n) is 6.92. The number of esters is 1. The number of hydrogen-bond donors (Lipinski definition) is 0. The molecule has 2 fully saturated rings. The summed E-state index contributed by atoms with van der Waals surface area (Å²) in [6.07, 6.45) is 4.14. The number of carbonyl (C=O) groups excluding carboxylic acids is 3. The monoisotopic (exact) mass is 294 g/mol. The Hall–Kier alpha value is -1.53. The highest BCUT2D eigenvalue weighted by Crippen LogP contribution is 2.63. The number of methoxy groups -OCH3 is 3. The second-order valence-electron chi connectivity index (χ2n) is 5.83. The standard InChI is InChI=1S/C15H18O6/c1-19-13(18)14-7-10(16)15(20-2,21-3)11(14)8-5-4-6-9(8)12(14)17/h4,6,8-9,11H,5,7H2,1-3H3/t8-,9+,11+,14-/m0/s1. The molecule has 0 bridgehead atoms. The van der Waals surface area contributed by atoms with Crippen LogP contribution in [-0.4, -0.2) is 44.7 Å². The molecule has 3 aliphatic rings. The van der Waals surface area contributed by atoms with Crippen molar-refractivity contribution in [3.63, 3.8) is 0 Å². The van der Waals surface area contributed by atoms with E-state index in [4.69, 9.17) is 14.2 Å². The lowest BCUT2D eigenvalue weighted by Gasteiger charge is -2.36. The number of ether oxygens (including phenoxy) is 3. The summed E-state index contributed by atoms with van der Waals surface area (Å²) in [6.45, 7) is 0. The van der Waals surface area contributed by atoms with Crippen molar-refractivity contribution in [2.24, 2.45) is 23.2 Å². The van der Waals surface area contributed by atoms with Gasteiger partial charge in [0.15, 0.2) is 11.6 Å². The predicted molar refractivity (Wildman–Crippen MR) is 70.1 cm³/mol. The van der Waals surface area contributed by atoms with Gasteiger partial charge < -0.3 is 14.2 Å². The molecular weight excluding hydrogens is 276 g/mol. The van der Waals surface area contributed by atoms with E-state index in [1.54, 1.807) is 0 Å². The van der Waals surface area contributed by atoms with Crippen LogP contribution in [0.4, 0.5) is 0 Å². The van der Waals surface area contributed by atoms with Crippen molar-refractivity contribution in [1.82, 2.24) is 0 Å². The fourth-order valence-corrected chi connectivity index (χ4v) is 4.51. The van der Waals surface area contributed by atoms with Crippen LogP contribution < -0.4 is 0 Å². The van der Waals surface area contributed by atoms with E-state index >= 15 is 0 Å². The van der Waals surface area contributed by atoms with Gasteiger partial charge in [-0.1, -0.05) is 12.2 Å². The zero-order valence-corrected chi connectivity index (χ0v) is 12.3. The molecule has 0 aromatic carbocycles. The van der Waals surface area contributed by atoms with Gasteiger partial charge in [0.2, 0.25) is 5.79 Å². The third-order valence-electron chi connectivity index (χ3n) is 5.31. The number of Topliss-reactive ketones (excluding diaryl/α,β-unsaturated/α-hetero) is 2. The number of fused-ring (bicyclic) bond motifs is 3. The predicted octanol–water partition coefficient (Wildman–Crippen LogP) is 0.499. The second kappa shape index (κ2) is 4.48. The van der Waals surface area contributed by atoms with Crippen molar-refractivity contribution in [3.05, 3.63) is 12.2 Å². The molecule has 0 spiro atoms. The Labute approximate surface area is 122 Å². The summed E-state index contributed by atoms with van der Waals surface area (Å²) in [5.41, 5.74) is -1.47. The molecule has 3 rings (SSSR count). The molecule has 0 saturated heterocycles. The van der Waals surface area contributed by atoms with Gasteiger partial charge in [-0.2, -0.15) is 0 Å². The Morgan fingerprint density at radius 1 is 1.24 bits per heavy atom. The summed E-state index contributed by atoms with van der Waals surface area (Å²) in [7, 11) is 3.97. The highest BCUT2D eigenvalue weighted by molar-refractivity contribution is 6.14. The van der Waals surface area contributed by atoms with E-state index in [0.29, 0.717) is 6.42 Å². The SMILES string of the molecule is COC(=O)[C@@]12CC(=O)C(OC)(OC)[C@@H]1[C@H]1CC=C[C@H]1C2=O. The van der Waals surface area contributed by atoms with Gasteiger partial charge in [0.25, 0.3) is 0 Å². The summed E-state index contributed by atoms with van der Waals surface area (Å²) in [4.78, 5) is 37.7. The summed E-state index contributed by atoms with van der Waals surface area (Å²) in [5, 5.41) is 0. The van der Waals surface area contributed by atoms with Crippen molar-refractivity contribution in [1.29, 1.82) is 0 Å². The van der Waals surface area contributed by atoms with Crippen molar-refractivity contribution >= 4 is 17.5 Å². The molecule has 6 heteroatoms. The molecule has 2 saturated carbocycles. The molecule has 114 valence electrons. The fourth-order valence-electron chi connectivity index (χ4n) is 4.51. The van der Waals surface area contributed by atoms with E-state index in [0.717, 1.165) is 0 Å². The molecular formula is C15H18O6.